The Morgan fingerprint density at radius 1 is 1.22 bits per heavy atom. The molecule has 0 aliphatic heterocycles. The summed E-state index contributed by atoms with van der Waals surface area (Å²) in [6.45, 7) is 4.84. The van der Waals surface area contributed by atoms with Crippen LogP contribution < -0.4 is 20.7 Å². The Hall–Kier alpha value is -3.03. The number of hydrogen-bond donors (Lipinski definition) is 4. The summed E-state index contributed by atoms with van der Waals surface area (Å²) < 4.78 is 5.59. The minimum Gasteiger partial charge on any atom is -0.490 e. The molecule has 1 aromatic carbocycles. The van der Waals surface area contributed by atoms with Crippen LogP contribution in [0.25, 0.3) is 0 Å². The number of ether oxygens (including phenoxy) is 1. The molecule has 9 heteroatoms. The van der Waals surface area contributed by atoms with Gasteiger partial charge in [0.1, 0.15) is 23.9 Å². The summed E-state index contributed by atoms with van der Waals surface area (Å²) in [5.74, 6) is 0.855. The van der Waals surface area contributed by atoms with Gasteiger partial charge in [0.2, 0.25) is 0 Å². The highest BCUT2D eigenvalue weighted by molar-refractivity contribution is 6.42. The number of aromatic nitrogens is 1. The minimum absolute atomic E-state index is 0.299. The number of halogens is 2. The molecule has 0 atom stereocenters. The molecule has 0 saturated carbocycles. The molecule has 2 rings (SSSR count). The van der Waals surface area contributed by atoms with Gasteiger partial charge in [-0.1, -0.05) is 36.2 Å². The quantitative estimate of drug-likeness (QED) is 0.206. The van der Waals surface area contributed by atoms with Gasteiger partial charge in [0.15, 0.2) is 0 Å². The standard InChI is InChI=1S/C23H27Cl2N5O2/c1-3-5-21(29-14-17-7-8-19(24)20(25)12-17)30-23(31)22(16(2)13-26)28-10-11-32-18-6-4-9-27-15-18/h4-9,12-13,15,26,28-29H,3,10-11,14H2,1-2H3,(H,30,31)/b21-5+,22-16-,26-13?. The number of pyridine rings is 1. The van der Waals surface area contributed by atoms with Crippen LogP contribution in [0.1, 0.15) is 25.8 Å². The molecule has 1 heterocycles. The molecular formula is C23H27Cl2N5O2. The maximum Gasteiger partial charge on any atom is 0.273 e. The topological polar surface area (TPSA) is 99.1 Å². The molecule has 170 valence electrons. The Morgan fingerprint density at radius 2 is 2.03 bits per heavy atom. The van der Waals surface area contributed by atoms with Crippen molar-refractivity contribution in [3.05, 3.63) is 81.5 Å². The molecule has 0 aliphatic rings. The van der Waals surface area contributed by atoms with Crippen LogP contribution in [-0.4, -0.2) is 30.3 Å². The normalized spacial score (nSPS) is 11.9. The average molecular weight is 476 g/mol. The van der Waals surface area contributed by atoms with E-state index < -0.39 is 0 Å². The molecule has 1 aromatic heterocycles. The smallest absolute Gasteiger partial charge is 0.273 e. The first-order valence-electron chi connectivity index (χ1n) is 10.1. The number of rotatable bonds is 12. The summed E-state index contributed by atoms with van der Waals surface area (Å²) in [5, 5.41) is 17.6. The molecule has 32 heavy (non-hydrogen) atoms. The molecule has 4 N–H and O–H groups in total. The number of nitrogens with one attached hydrogen (secondary N) is 4. The maximum absolute atomic E-state index is 12.9. The molecule has 1 amide bonds. The zero-order chi connectivity index (χ0) is 23.3. The van der Waals surface area contributed by atoms with Gasteiger partial charge >= 0.3 is 0 Å². The van der Waals surface area contributed by atoms with E-state index in [4.69, 9.17) is 33.3 Å². The monoisotopic (exact) mass is 475 g/mol. The first kappa shape index (κ1) is 25.2. The van der Waals surface area contributed by atoms with E-state index in [9.17, 15) is 4.79 Å². The van der Waals surface area contributed by atoms with Crippen LogP contribution in [0, 0.1) is 5.41 Å². The summed E-state index contributed by atoms with van der Waals surface area (Å²) in [6.07, 6.45) is 7.02. The van der Waals surface area contributed by atoms with Gasteiger partial charge in [0, 0.05) is 25.5 Å². The van der Waals surface area contributed by atoms with Gasteiger partial charge in [-0.15, -0.1) is 0 Å². The second-order valence-corrected chi connectivity index (χ2v) is 7.56. The third-order valence-corrected chi connectivity index (χ3v) is 5.01. The molecule has 0 spiro atoms. The number of amides is 1. The largest absolute Gasteiger partial charge is 0.490 e. The van der Waals surface area contributed by atoms with Gasteiger partial charge in [-0.05, 0) is 54.8 Å². The SMILES string of the molecule is CC/C=C(\NCc1ccc(Cl)c(Cl)c1)NC(=O)/C(NCCOc1cccnc1)=C(\C)C=N. The Morgan fingerprint density at radius 3 is 2.69 bits per heavy atom. The van der Waals surface area contributed by atoms with Crippen LogP contribution in [0.15, 0.2) is 65.9 Å². The van der Waals surface area contributed by atoms with Crippen LogP contribution >= 0.6 is 23.2 Å². The van der Waals surface area contributed by atoms with E-state index in [0.717, 1.165) is 18.2 Å². The highest BCUT2D eigenvalue weighted by atomic mass is 35.5. The molecule has 0 aliphatic carbocycles. The minimum atomic E-state index is -0.353. The number of carbonyl (C=O) groups excluding carboxylic acids is 1. The lowest BCUT2D eigenvalue weighted by Crippen LogP contribution is -2.37. The zero-order valence-electron chi connectivity index (χ0n) is 18.0. The van der Waals surface area contributed by atoms with E-state index in [1.54, 1.807) is 43.6 Å². The van der Waals surface area contributed by atoms with Crippen molar-refractivity contribution >= 4 is 35.3 Å². The summed E-state index contributed by atoms with van der Waals surface area (Å²) in [7, 11) is 0. The van der Waals surface area contributed by atoms with E-state index in [1.807, 2.05) is 19.1 Å². The second kappa shape index (κ2) is 13.4. The lowest BCUT2D eigenvalue weighted by molar-refractivity contribution is -0.117. The fraction of sp³-hybridized carbons (Fsp3) is 0.261. The van der Waals surface area contributed by atoms with E-state index in [-0.39, 0.29) is 5.91 Å². The van der Waals surface area contributed by atoms with Crippen molar-refractivity contribution in [2.45, 2.75) is 26.8 Å². The van der Waals surface area contributed by atoms with Crippen LogP contribution in [0.3, 0.4) is 0 Å². The first-order chi connectivity index (χ1) is 15.4. The van der Waals surface area contributed by atoms with Crippen LogP contribution in [0.2, 0.25) is 10.0 Å². The third kappa shape index (κ3) is 8.24. The number of hydrogen-bond acceptors (Lipinski definition) is 6. The molecular weight excluding hydrogens is 449 g/mol. The average Bonchev–Trinajstić information content (AvgIpc) is 2.80. The Kier molecular flexibility index (Phi) is 10.6. The first-order valence-corrected chi connectivity index (χ1v) is 10.9. The molecule has 0 fully saturated rings. The molecule has 0 bridgehead atoms. The predicted molar refractivity (Wildman–Crippen MR) is 129 cm³/mol. The lowest BCUT2D eigenvalue weighted by Gasteiger charge is -2.17. The van der Waals surface area contributed by atoms with Crippen molar-refractivity contribution in [3.8, 4) is 5.75 Å². The van der Waals surface area contributed by atoms with E-state index in [1.165, 1.54) is 0 Å². The second-order valence-electron chi connectivity index (χ2n) is 6.75. The molecule has 7 nitrogen and oxygen atoms in total. The van der Waals surface area contributed by atoms with E-state index in [2.05, 4.69) is 20.9 Å². The molecule has 0 unspecified atom stereocenters. The summed E-state index contributed by atoms with van der Waals surface area (Å²) in [4.78, 5) is 16.9. The Balaban J connectivity index is 1.96. The van der Waals surface area contributed by atoms with Crippen molar-refractivity contribution in [3.63, 3.8) is 0 Å². The van der Waals surface area contributed by atoms with Crippen molar-refractivity contribution in [2.75, 3.05) is 13.2 Å². The molecule has 2 aromatic rings. The third-order valence-electron chi connectivity index (χ3n) is 4.27. The molecule has 0 radical (unpaired) electrons. The molecule has 0 saturated heterocycles. The highest BCUT2D eigenvalue weighted by Crippen LogP contribution is 2.22. The van der Waals surface area contributed by atoms with Crippen molar-refractivity contribution in [1.82, 2.24) is 20.9 Å². The van der Waals surface area contributed by atoms with Gasteiger partial charge in [-0.2, -0.15) is 0 Å². The number of benzene rings is 1. The predicted octanol–water partition coefficient (Wildman–Crippen LogP) is 4.44. The van der Waals surface area contributed by atoms with Crippen LogP contribution in [0.4, 0.5) is 0 Å². The summed E-state index contributed by atoms with van der Waals surface area (Å²) >= 11 is 12.0. The lowest BCUT2D eigenvalue weighted by atomic mass is 10.2. The summed E-state index contributed by atoms with van der Waals surface area (Å²) in [6, 6.07) is 8.96. The fourth-order valence-electron chi connectivity index (χ4n) is 2.65. The van der Waals surface area contributed by atoms with Gasteiger partial charge < -0.3 is 26.1 Å². The van der Waals surface area contributed by atoms with Gasteiger partial charge in [-0.3, -0.25) is 9.78 Å². The van der Waals surface area contributed by atoms with Crippen LogP contribution in [0.5, 0.6) is 5.75 Å². The van der Waals surface area contributed by atoms with Gasteiger partial charge in [0.05, 0.1) is 16.2 Å². The number of carbonyl (C=O) groups is 1. The number of allylic oxidation sites excluding steroid dienone is 2. The van der Waals surface area contributed by atoms with Crippen molar-refractivity contribution < 1.29 is 9.53 Å². The fourth-order valence-corrected chi connectivity index (χ4v) is 2.97. The zero-order valence-corrected chi connectivity index (χ0v) is 19.6. The van der Waals surface area contributed by atoms with Gasteiger partial charge in [-0.25, -0.2) is 0 Å². The Bertz CT molecular complexity index is 978. The maximum atomic E-state index is 12.9. The van der Waals surface area contributed by atoms with Gasteiger partial charge in [0.25, 0.3) is 5.91 Å². The van der Waals surface area contributed by atoms with E-state index >= 15 is 0 Å². The van der Waals surface area contributed by atoms with E-state index in [0.29, 0.717) is 52.6 Å². The van der Waals surface area contributed by atoms with Crippen molar-refractivity contribution in [2.24, 2.45) is 0 Å². The van der Waals surface area contributed by atoms with Crippen LogP contribution in [-0.2, 0) is 11.3 Å². The number of nitrogens with zero attached hydrogens (tertiary/aromatic N) is 1. The highest BCUT2D eigenvalue weighted by Gasteiger charge is 2.14. The Labute approximate surface area is 198 Å². The van der Waals surface area contributed by atoms with Crippen molar-refractivity contribution in [1.29, 1.82) is 5.41 Å². The summed E-state index contributed by atoms with van der Waals surface area (Å²) in [5.41, 5.74) is 1.73.